The Balaban J connectivity index is 1.83. The Morgan fingerprint density at radius 3 is 2.74 bits per heavy atom. The molecule has 2 bridgehead atoms. The number of aliphatic hydroxyl groups is 1. The zero-order valence-electron chi connectivity index (χ0n) is 10.8. The molecule has 6 heteroatoms. The summed E-state index contributed by atoms with van der Waals surface area (Å²) in [5, 5.41) is 10.3. The molecule has 1 N–H and O–H groups in total. The molecule has 106 valence electrons. The van der Waals surface area contributed by atoms with Gasteiger partial charge in [0, 0.05) is 5.92 Å². The predicted octanol–water partition coefficient (Wildman–Crippen LogP) is -0.313. The largest absolute Gasteiger partial charge is 0.392 e. The number of hydrogen-bond acceptors (Lipinski definition) is 6. The van der Waals surface area contributed by atoms with Crippen molar-refractivity contribution in [2.45, 2.75) is 37.6 Å². The molecule has 0 aromatic carbocycles. The maximum atomic E-state index is 11.6. The second-order valence-corrected chi connectivity index (χ2v) is 6.14. The van der Waals surface area contributed by atoms with Crippen molar-refractivity contribution in [2.24, 2.45) is 17.3 Å². The van der Waals surface area contributed by atoms with Crippen LogP contribution in [0.5, 0.6) is 0 Å². The van der Waals surface area contributed by atoms with Crippen LogP contribution in [0, 0.1) is 17.3 Å². The Hall–Kier alpha value is -0.530. The molecule has 1 aliphatic carbocycles. The maximum absolute atomic E-state index is 11.6. The summed E-state index contributed by atoms with van der Waals surface area (Å²) in [6.07, 6.45) is 0.0120. The number of fused-ring (bicyclic) bond motifs is 6. The Morgan fingerprint density at radius 1 is 1.32 bits per heavy atom. The zero-order chi connectivity index (χ0) is 13.3. The third kappa shape index (κ3) is 1.31. The SMILES string of the molecule is C[C@]1(C=O)[C@H](O)C[C@H]2[C@@H]1C1(OCCO1)[C@@H]1OC[C@H]2O1. The fraction of sp³-hybridized carbons (Fsp3) is 0.923. The van der Waals surface area contributed by atoms with Crippen LogP contribution in [0.3, 0.4) is 0 Å². The molecule has 19 heavy (non-hydrogen) atoms. The Labute approximate surface area is 111 Å². The van der Waals surface area contributed by atoms with Gasteiger partial charge in [0.2, 0.25) is 12.1 Å². The highest BCUT2D eigenvalue weighted by atomic mass is 16.8. The molecule has 4 rings (SSSR count). The summed E-state index contributed by atoms with van der Waals surface area (Å²) in [6, 6.07) is 0. The first-order valence-corrected chi connectivity index (χ1v) is 6.81. The van der Waals surface area contributed by atoms with E-state index in [0.29, 0.717) is 26.2 Å². The van der Waals surface area contributed by atoms with E-state index < -0.39 is 23.6 Å². The van der Waals surface area contributed by atoms with Crippen LogP contribution < -0.4 is 0 Å². The number of ether oxygens (including phenoxy) is 4. The van der Waals surface area contributed by atoms with E-state index >= 15 is 0 Å². The third-order valence-electron chi connectivity index (χ3n) is 5.25. The van der Waals surface area contributed by atoms with E-state index in [1.807, 2.05) is 0 Å². The molecular weight excluding hydrogens is 252 g/mol. The van der Waals surface area contributed by atoms with Gasteiger partial charge >= 0.3 is 0 Å². The van der Waals surface area contributed by atoms with Crippen molar-refractivity contribution in [3.8, 4) is 0 Å². The van der Waals surface area contributed by atoms with E-state index in [9.17, 15) is 9.90 Å². The molecule has 0 amide bonds. The van der Waals surface area contributed by atoms with E-state index in [2.05, 4.69) is 0 Å². The number of hydrogen-bond donors (Lipinski definition) is 1. The Bertz CT molecular complexity index is 406. The molecule has 4 fully saturated rings. The van der Waals surface area contributed by atoms with Gasteiger partial charge in [-0.05, 0) is 19.3 Å². The summed E-state index contributed by atoms with van der Waals surface area (Å²) in [6.45, 7) is 3.18. The molecular formula is C13H18O6. The van der Waals surface area contributed by atoms with Crippen LogP contribution >= 0.6 is 0 Å². The molecule has 1 spiro atoms. The number of rotatable bonds is 1. The van der Waals surface area contributed by atoms with Crippen LogP contribution in [0.15, 0.2) is 0 Å². The summed E-state index contributed by atoms with van der Waals surface area (Å²) < 4.78 is 23.1. The molecule has 3 heterocycles. The monoisotopic (exact) mass is 270 g/mol. The summed E-state index contributed by atoms with van der Waals surface area (Å²) in [4.78, 5) is 11.6. The fourth-order valence-corrected chi connectivity index (χ4v) is 4.33. The molecule has 4 aliphatic rings. The van der Waals surface area contributed by atoms with Crippen molar-refractivity contribution in [1.82, 2.24) is 0 Å². The van der Waals surface area contributed by atoms with Gasteiger partial charge in [-0.1, -0.05) is 0 Å². The fourth-order valence-electron chi connectivity index (χ4n) is 4.33. The minimum Gasteiger partial charge on any atom is -0.392 e. The molecule has 0 radical (unpaired) electrons. The molecule has 3 saturated heterocycles. The zero-order valence-corrected chi connectivity index (χ0v) is 10.8. The predicted molar refractivity (Wildman–Crippen MR) is 61.0 cm³/mol. The first kappa shape index (κ1) is 12.2. The Kier molecular flexibility index (Phi) is 2.42. The van der Waals surface area contributed by atoms with Crippen LogP contribution in [0.2, 0.25) is 0 Å². The average molecular weight is 270 g/mol. The van der Waals surface area contributed by atoms with Crippen molar-refractivity contribution in [1.29, 1.82) is 0 Å². The van der Waals surface area contributed by atoms with Crippen molar-refractivity contribution in [2.75, 3.05) is 19.8 Å². The van der Waals surface area contributed by atoms with E-state index in [-0.39, 0.29) is 17.9 Å². The van der Waals surface area contributed by atoms with Gasteiger partial charge in [-0.25, -0.2) is 0 Å². The second kappa shape index (κ2) is 3.77. The van der Waals surface area contributed by atoms with Crippen molar-refractivity contribution in [3.05, 3.63) is 0 Å². The van der Waals surface area contributed by atoms with Crippen LogP contribution in [0.4, 0.5) is 0 Å². The number of aldehydes is 1. The summed E-state index contributed by atoms with van der Waals surface area (Å²) >= 11 is 0. The van der Waals surface area contributed by atoms with Crippen LogP contribution in [-0.2, 0) is 23.7 Å². The highest BCUT2D eigenvalue weighted by molar-refractivity contribution is 5.62. The van der Waals surface area contributed by atoms with Crippen molar-refractivity contribution < 1.29 is 28.8 Å². The van der Waals surface area contributed by atoms with Gasteiger partial charge in [0.05, 0.1) is 37.4 Å². The van der Waals surface area contributed by atoms with Gasteiger partial charge in [-0.15, -0.1) is 0 Å². The second-order valence-electron chi connectivity index (χ2n) is 6.14. The first-order valence-electron chi connectivity index (χ1n) is 6.81. The lowest BCUT2D eigenvalue weighted by molar-refractivity contribution is -0.346. The summed E-state index contributed by atoms with van der Waals surface area (Å²) in [5.74, 6) is -1.23. The summed E-state index contributed by atoms with van der Waals surface area (Å²) in [7, 11) is 0. The number of carbonyl (C=O) groups is 1. The minimum atomic E-state index is -1.04. The van der Waals surface area contributed by atoms with Gasteiger partial charge in [0.25, 0.3) is 0 Å². The molecule has 6 nitrogen and oxygen atoms in total. The van der Waals surface area contributed by atoms with Crippen molar-refractivity contribution in [3.63, 3.8) is 0 Å². The quantitative estimate of drug-likeness (QED) is 0.659. The van der Waals surface area contributed by atoms with Crippen molar-refractivity contribution >= 4 is 6.29 Å². The number of carbonyl (C=O) groups excluding carboxylic acids is 1. The Morgan fingerprint density at radius 2 is 2.05 bits per heavy atom. The van der Waals surface area contributed by atoms with Gasteiger partial charge in [0.15, 0.2) is 0 Å². The van der Waals surface area contributed by atoms with Crippen LogP contribution in [0.25, 0.3) is 0 Å². The van der Waals surface area contributed by atoms with Crippen LogP contribution in [0.1, 0.15) is 13.3 Å². The minimum absolute atomic E-state index is 0.0297. The standard InChI is InChI=1S/C13H18O6/c1-12(6-14)9(15)4-7-8-5-16-11(19-8)13(10(7)12)17-2-3-18-13/h6-11,15H,2-5H2,1H3/t7-,8-,9-,10+,11-,12+/m1/s1. The lowest BCUT2D eigenvalue weighted by Gasteiger charge is -2.47. The van der Waals surface area contributed by atoms with Gasteiger partial charge in [0.1, 0.15) is 6.29 Å². The molecule has 0 unspecified atom stereocenters. The molecule has 1 saturated carbocycles. The number of aliphatic hydroxyl groups excluding tert-OH is 1. The third-order valence-corrected chi connectivity index (χ3v) is 5.25. The molecule has 6 atom stereocenters. The topological polar surface area (TPSA) is 74.2 Å². The molecule has 3 aliphatic heterocycles. The highest BCUT2D eigenvalue weighted by Gasteiger charge is 2.72. The molecule has 0 aromatic rings. The molecule has 0 aromatic heterocycles. The van der Waals surface area contributed by atoms with Gasteiger partial charge < -0.3 is 28.8 Å². The summed E-state index contributed by atoms with van der Waals surface area (Å²) in [5.41, 5.74) is -0.872. The van der Waals surface area contributed by atoms with E-state index in [4.69, 9.17) is 18.9 Å². The van der Waals surface area contributed by atoms with Crippen LogP contribution in [-0.4, -0.2) is 55.5 Å². The normalized spacial score (nSPS) is 54.5. The van der Waals surface area contributed by atoms with Gasteiger partial charge in [-0.2, -0.15) is 0 Å². The average Bonchev–Trinajstić information content (AvgIpc) is 3.07. The first-order chi connectivity index (χ1) is 9.12. The highest BCUT2D eigenvalue weighted by Crippen LogP contribution is 2.60. The smallest absolute Gasteiger partial charge is 0.225 e. The maximum Gasteiger partial charge on any atom is 0.225 e. The van der Waals surface area contributed by atoms with E-state index in [1.165, 1.54) is 0 Å². The van der Waals surface area contributed by atoms with E-state index in [1.54, 1.807) is 6.92 Å². The van der Waals surface area contributed by atoms with E-state index in [0.717, 1.165) is 6.29 Å². The lowest BCUT2D eigenvalue weighted by Crippen LogP contribution is -2.61. The lowest BCUT2D eigenvalue weighted by atomic mass is 9.70. The van der Waals surface area contributed by atoms with Gasteiger partial charge in [-0.3, -0.25) is 0 Å².